The molecule has 0 saturated carbocycles. The van der Waals surface area contributed by atoms with Gasteiger partial charge in [0.15, 0.2) is 0 Å². The van der Waals surface area contributed by atoms with Crippen molar-refractivity contribution >= 4 is 16.7 Å². The number of hydrogen-bond acceptors (Lipinski definition) is 3. The fourth-order valence-electron chi connectivity index (χ4n) is 3.26. The van der Waals surface area contributed by atoms with Crippen LogP contribution in [0.1, 0.15) is 5.56 Å². The Hall–Kier alpha value is -2.53. The van der Waals surface area contributed by atoms with Crippen molar-refractivity contribution in [3.63, 3.8) is 0 Å². The zero-order valence-electron chi connectivity index (χ0n) is 13.8. The second-order valence-corrected chi connectivity index (χ2v) is 6.37. The maximum Gasteiger partial charge on any atom is 0.136 e. The number of para-hydroxylation sites is 1. The minimum atomic E-state index is -0.227. The van der Waals surface area contributed by atoms with Crippen LogP contribution in [-0.4, -0.2) is 36.1 Å². The van der Waals surface area contributed by atoms with E-state index in [1.165, 1.54) is 18.2 Å². The van der Waals surface area contributed by atoms with Gasteiger partial charge in [-0.15, -0.1) is 0 Å². The van der Waals surface area contributed by atoms with Crippen LogP contribution in [0.25, 0.3) is 10.9 Å². The molecule has 0 radical (unpaired) electrons. The fraction of sp³-hybridized carbons (Fsp3) is 0.250. The molecule has 0 amide bonds. The van der Waals surface area contributed by atoms with Gasteiger partial charge in [-0.05, 0) is 29.8 Å². The lowest BCUT2D eigenvalue weighted by Gasteiger charge is -2.35. The van der Waals surface area contributed by atoms with E-state index in [-0.39, 0.29) is 11.6 Å². The molecule has 0 bridgehead atoms. The van der Waals surface area contributed by atoms with E-state index in [1.54, 1.807) is 6.07 Å². The van der Waals surface area contributed by atoms with Gasteiger partial charge < -0.3 is 4.90 Å². The first-order chi connectivity index (χ1) is 12.2. The SMILES string of the molecule is Fc1ccc(CN2CCN(c3cc(F)c4ccccc4n3)CC2)cc1. The normalized spacial score (nSPS) is 15.7. The first-order valence-corrected chi connectivity index (χ1v) is 8.46. The lowest BCUT2D eigenvalue weighted by atomic mass is 10.2. The van der Waals surface area contributed by atoms with Gasteiger partial charge in [-0.3, -0.25) is 4.90 Å². The first kappa shape index (κ1) is 16.0. The van der Waals surface area contributed by atoms with Crippen LogP contribution in [0.3, 0.4) is 0 Å². The van der Waals surface area contributed by atoms with Gasteiger partial charge in [0.25, 0.3) is 0 Å². The van der Waals surface area contributed by atoms with E-state index in [1.807, 2.05) is 30.3 Å². The molecule has 25 heavy (non-hydrogen) atoms. The summed E-state index contributed by atoms with van der Waals surface area (Å²) in [6, 6.07) is 15.4. The number of aromatic nitrogens is 1. The van der Waals surface area contributed by atoms with Crippen molar-refractivity contribution in [3.05, 3.63) is 71.8 Å². The van der Waals surface area contributed by atoms with Gasteiger partial charge in [-0.2, -0.15) is 0 Å². The maximum atomic E-state index is 14.3. The average molecular weight is 339 g/mol. The topological polar surface area (TPSA) is 19.4 Å². The molecule has 0 atom stereocenters. The Morgan fingerprint density at radius 1 is 0.880 bits per heavy atom. The highest BCUT2D eigenvalue weighted by molar-refractivity contribution is 5.81. The molecule has 0 N–H and O–H groups in total. The molecule has 1 aliphatic heterocycles. The van der Waals surface area contributed by atoms with Gasteiger partial charge in [-0.25, -0.2) is 13.8 Å². The van der Waals surface area contributed by atoms with E-state index in [4.69, 9.17) is 0 Å². The summed E-state index contributed by atoms with van der Waals surface area (Å²) in [5, 5.41) is 0.557. The molecule has 3 aromatic rings. The fourth-order valence-corrected chi connectivity index (χ4v) is 3.26. The number of rotatable bonds is 3. The molecule has 0 aliphatic carbocycles. The van der Waals surface area contributed by atoms with Gasteiger partial charge in [0, 0.05) is 44.2 Å². The van der Waals surface area contributed by atoms with Crippen LogP contribution in [0, 0.1) is 11.6 Å². The van der Waals surface area contributed by atoms with Gasteiger partial charge in [0.1, 0.15) is 17.5 Å². The van der Waals surface area contributed by atoms with Crippen molar-refractivity contribution < 1.29 is 8.78 Å². The third-order valence-electron chi connectivity index (χ3n) is 4.67. The molecule has 0 unspecified atom stereocenters. The third kappa shape index (κ3) is 3.46. The highest BCUT2D eigenvalue weighted by Gasteiger charge is 2.19. The van der Waals surface area contributed by atoms with Gasteiger partial charge in [0.05, 0.1) is 5.52 Å². The summed E-state index contributed by atoms with van der Waals surface area (Å²) in [6.07, 6.45) is 0. The highest BCUT2D eigenvalue weighted by Crippen LogP contribution is 2.23. The summed E-state index contributed by atoms with van der Waals surface area (Å²) in [6.45, 7) is 4.13. The monoisotopic (exact) mass is 339 g/mol. The van der Waals surface area contributed by atoms with E-state index in [9.17, 15) is 8.78 Å². The molecular weight excluding hydrogens is 320 g/mol. The second kappa shape index (κ2) is 6.76. The number of hydrogen-bond donors (Lipinski definition) is 0. The number of fused-ring (bicyclic) bond motifs is 1. The van der Waals surface area contributed by atoms with Gasteiger partial charge in [0.2, 0.25) is 0 Å². The molecule has 0 spiro atoms. The average Bonchev–Trinajstić information content (AvgIpc) is 2.64. The van der Waals surface area contributed by atoms with Crippen LogP contribution < -0.4 is 4.90 Å². The molecule has 1 fully saturated rings. The number of pyridine rings is 1. The molecule has 2 heterocycles. The molecule has 4 rings (SSSR count). The van der Waals surface area contributed by atoms with Crippen LogP contribution in [0.2, 0.25) is 0 Å². The smallest absolute Gasteiger partial charge is 0.136 e. The number of halogens is 2. The second-order valence-electron chi connectivity index (χ2n) is 6.37. The molecule has 3 nitrogen and oxygen atoms in total. The maximum absolute atomic E-state index is 14.3. The van der Waals surface area contributed by atoms with Crippen LogP contribution in [0.5, 0.6) is 0 Å². The van der Waals surface area contributed by atoms with E-state index in [0.29, 0.717) is 16.7 Å². The molecule has 2 aromatic carbocycles. The van der Waals surface area contributed by atoms with Crippen LogP contribution >= 0.6 is 0 Å². The predicted molar refractivity (Wildman–Crippen MR) is 95.6 cm³/mol. The Morgan fingerprint density at radius 3 is 2.36 bits per heavy atom. The predicted octanol–water partition coefficient (Wildman–Crippen LogP) is 3.84. The quantitative estimate of drug-likeness (QED) is 0.723. The first-order valence-electron chi connectivity index (χ1n) is 8.46. The number of benzene rings is 2. The van der Waals surface area contributed by atoms with E-state index in [0.717, 1.165) is 38.3 Å². The van der Waals surface area contributed by atoms with Crippen molar-refractivity contribution in [1.82, 2.24) is 9.88 Å². The molecule has 1 aliphatic rings. The Kier molecular flexibility index (Phi) is 4.32. The van der Waals surface area contributed by atoms with Crippen LogP contribution in [-0.2, 0) is 6.54 Å². The van der Waals surface area contributed by atoms with Crippen molar-refractivity contribution in [2.75, 3.05) is 31.1 Å². The zero-order valence-corrected chi connectivity index (χ0v) is 13.8. The van der Waals surface area contributed by atoms with Crippen molar-refractivity contribution in [2.24, 2.45) is 0 Å². The summed E-state index contributed by atoms with van der Waals surface area (Å²) in [4.78, 5) is 9.05. The van der Waals surface area contributed by atoms with E-state index < -0.39 is 0 Å². The van der Waals surface area contributed by atoms with E-state index >= 15 is 0 Å². The molecule has 5 heteroatoms. The Balaban J connectivity index is 1.44. The van der Waals surface area contributed by atoms with Crippen LogP contribution in [0.4, 0.5) is 14.6 Å². The lowest BCUT2D eigenvalue weighted by Crippen LogP contribution is -2.46. The highest BCUT2D eigenvalue weighted by atomic mass is 19.1. The summed E-state index contributed by atoms with van der Waals surface area (Å²) in [7, 11) is 0. The minimum Gasteiger partial charge on any atom is -0.354 e. The Bertz CT molecular complexity index is 872. The lowest BCUT2D eigenvalue weighted by molar-refractivity contribution is 0.249. The standard InChI is InChI=1S/C20H19F2N3/c21-16-7-5-15(6-8-16)14-24-9-11-25(12-10-24)20-13-18(22)17-3-1-2-4-19(17)23-20/h1-8,13H,9-12,14H2. The number of piperazine rings is 1. The molecular formula is C20H19F2N3. The van der Waals surface area contributed by atoms with E-state index in [2.05, 4.69) is 14.8 Å². The summed E-state index contributed by atoms with van der Waals surface area (Å²) in [5.41, 5.74) is 1.79. The number of anilines is 1. The van der Waals surface area contributed by atoms with Crippen molar-refractivity contribution in [3.8, 4) is 0 Å². The molecule has 1 aromatic heterocycles. The largest absolute Gasteiger partial charge is 0.354 e. The van der Waals surface area contributed by atoms with Crippen molar-refractivity contribution in [1.29, 1.82) is 0 Å². The van der Waals surface area contributed by atoms with Crippen LogP contribution in [0.15, 0.2) is 54.6 Å². The molecule has 128 valence electrons. The van der Waals surface area contributed by atoms with Gasteiger partial charge >= 0.3 is 0 Å². The molecule has 1 saturated heterocycles. The summed E-state index contributed by atoms with van der Waals surface area (Å²) in [5.74, 6) is 0.255. The number of nitrogens with zero attached hydrogens (tertiary/aromatic N) is 3. The summed E-state index contributed by atoms with van der Waals surface area (Å²) >= 11 is 0. The Labute approximate surface area is 145 Å². The Morgan fingerprint density at radius 2 is 1.60 bits per heavy atom. The van der Waals surface area contributed by atoms with Gasteiger partial charge in [-0.1, -0.05) is 24.3 Å². The summed E-state index contributed by atoms with van der Waals surface area (Å²) < 4.78 is 27.3. The zero-order chi connectivity index (χ0) is 17.2. The third-order valence-corrected chi connectivity index (χ3v) is 4.67. The minimum absolute atomic E-state index is 0.210. The van der Waals surface area contributed by atoms with Crippen molar-refractivity contribution in [2.45, 2.75) is 6.54 Å².